The van der Waals surface area contributed by atoms with E-state index in [1.807, 2.05) is 12.1 Å². The monoisotopic (exact) mass is 351 g/mol. The molecule has 0 bridgehead atoms. The topological polar surface area (TPSA) is 70.1 Å². The van der Waals surface area contributed by atoms with Crippen LogP contribution in [0.2, 0.25) is 0 Å². The van der Waals surface area contributed by atoms with Crippen molar-refractivity contribution in [2.45, 2.75) is 0 Å². The number of rotatable bonds is 4. The normalized spacial score (nSPS) is 14.3. The molecule has 2 aromatic heterocycles. The molecule has 3 aromatic rings. The smallest absolute Gasteiger partial charge is 0.229 e. The average Bonchev–Trinajstić information content (AvgIpc) is 2.71. The van der Waals surface area contributed by atoms with Crippen molar-refractivity contribution in [3.8, 4) is 0 Å². The predicted octanol–water partition coefficient (Wildman–Crippen LogP) is 2.48. The third-order valence-electron chi connectivity index (χ3n) is 4.18. The molecular weight excluding hydrogens is 333 g/mol. The lowest BCUT2D eigenvalue weighted by atomic mass is 10.3. The van der Waals surface area contributed by atoms with Gasteiger partial charge >= 0.3 is 0 Å². The molecule has 26 heavy (non-hydrogen) atoms. The highest BCUT2D eigenvalue weighted by Gasteiger charge is 2.20. The van der Waals surface area contributed by atoms with E-state index >= 15 is 0 Å². The Hall–Kier alpha value is -3.29. The molecule has 0 atom stereocenters. The lowest BCUT2D eigenvalue weighted by Crippen LogP contribution is -2.47. The minimum absolute atomic E-state index is 0.273. The van der Waals surface area contributed by atoms with E-state index in [1.54, 1.807) is 30.7 Å². The van der Waals surface area contributed by atoms with Gasteiger partial charge in [-0.25, -0.2) is 19.3 Å². The van der Waals surface area contributed by atoms with Gasteiger partial charge in [0, 0.05) is 50.5 Å². The Morgan fingerprint density at radius 3 is 2.23 bits per heavy atom. The Kier molecular flexibility index (Phi) is 4.55. The van der Waals surface area contributed by atoms with Crippen LogP contribution in [0.3, 0.4) is 0 Å². The maximum Gasteiger partial charge on any atom is 0.229 e. The molecule has 0 spiro atoms. The third-order valence-corrected chi connectivity index (χ3v) is 4.18. The largest absolute Gasteiger partial charge is 0.353 e. The summed E-state index contributed by atoms with van der Waals surface area (Å²) >= 11 is 0. The molecule has 1 N–H and O–H groups in total. The molecule has 1 aliphatic heterocycles. The lowest BCUT2D eigenvalue weighted by molar-refractivity contribution is 0.628. The van der Waals surface area contributed by atoms with Crippen molar-refractivity contribution < 1.29 is 4.39 Å². The molecule has 4 rings (SSSR count). The summed E-state index contributed by atoms with van der Waals surface area (Å²) in [4.78, 5) is 21.8. The van der Waals surface area contributed by atoms with Gasteiger partial charge in [-0.15, -0.1) is 0 Å². The number of halogens is 1. The van der Waals surface area contributed by atoms with Gasteiger partial charge in [0.1, 0.15) is 11.6 Å². The van der Waals surface area contributed by atoms with Gasteiger partial charge < -0.3 is 15.1 Å². The molecule has 0 radical (unpaired) electrons. The number of nitrogens with one attached hydrogen (secondary N) is 1. The number of hydrogen-bond acceptors (Lipinski definition) is 7. The molecular formula is C18H18FN7. The van der Waals surface area contributed by atoms with E-state index in [2.05, 4.69) is 35.1 Å². The first-order chi connectivity index (χ1) is 12.8. The fourth-order valence-corrected chi connectivity index (χ4v) is 2.84. The van der Waals surface area contributed by atoms with Crippen LogP contribution >= 0.6 is 0 Å². The van der Waals surface area contributed by atoms with Gasteiger partial charge in [-0.05, 0) is 36.4 Å². The van der Waals surface area contributed by atoms with E-state index in [9.17, 15) is 4.39 Å². The minimum Gasteiger partial charge on any atom is -0.353 e. The van der Waals surface area contributed by atoms with Gasteiger partial charge in [-0.1, -0.05) is 0 Å². The van der Waals surface area contributed by atoms with E-state index in [1.165, 1.54) is 12.1 Å². The zero-order valence-corrected chi connectivity index (χ0v) is 14.1. The number of piperazine rings is 1. The molecule has 1 fully saturated rings. The minimum atomic E-state index is -0.273. The number of hydrogen-bond donors (Lipinski definition) is 1. The highest BCUT2D eigenvalue weighted by Crippen LogP contribution is 2.19. The Bertz CT molecular complexity index is 849. The zero-order valence-electron chi connectivity index (χ0n) is 14.1. The number of anilines is 4. The van der Waals surface area contributed by atoms with Crippen LogP contribution in [0.25, 0.3) is 0 Å². The molecule has 1 aliphatic rings. The maximum absolute atomic E-state index is 13.0. The van der Waals surface area contributed by atoms with Crippen LogP contribution in [0.15, 0.2) is 55.0 Å². The Morgan fingerprint density at radius 1 is 0.808 bits per heavy atom. The Balaban J connectivity index is 1.42. The third kappa shape index (κ3) is 3.69. The molecule has 8 heteroatoms. The average molecular weight is 351 g/mol. The van der Waals surface area contributed by atoms with Gasteiger partial charge in [-0.3, -0.25) is 0 Å². The second-order valence-corrected chi connectivity index (χ2v) is 5.89. The van der Waals surface area contributed by atoms with Crippen LogP contribution in [-0.4, -0.2) is 46.1 Å². The van der Waals surface area contributed by atoms with Crippen molar-refractivity contribution >= 4 is 23.4 Å². The maximum atomic E-state index is 13.0. The van der Waals surface area contributed by atoms with Crippen LogP contribution in [0.1, 0.15) is 0 Å². The summed E-state index contributed by atoms with van der Waals surface area (Å²) in [6.07, 6.45) is 5.24. The van der Waals surface area contributed by atoms with E-state index < -0.39 is 0 Å². The number of benzene rings is 1. The summed E-state index contributed by atoms with van der Waals surface area (Å²) in [5.41, 5.74) is 0.745. The molecule has 1 aromatic carbocycles. The Morgan fingerprint density at radius 2 is 1.50 bits per heavy atom. The van der Waals surface area contributed by atoms with Crippen LogP contribution in [0, 0.1) is 5.82 Å². The quantitative estimate of drug-likeness (QED) is 0.774. The first kappa shape index (κ1) is 16.2. The summed E-state index contributed by atoms with van der Waals surface area (Å²) in [5, 5.41) is 3.10. The van der Waals surface area contributed by atoms with E-state index in [0.29, 0.717) is 5.95 Å². The summed E-state index contributed by atoms with van der Waals surface area (Å²) in [6.45, 7) is 3.31. The van der Waals surface area contributed by atoms with Crippen molar-refractivity contribution in [3.63, 3.8) is 0 Å². The van der Waals surface area contributed by atoms with E-state index in [4.69, 9.17) is 0 Å². The first-order valence-electron chi connectivity index (χ1n) is 8.40. The molecule has 3 heterocycles. The van der Waals surface area contributed by atoms with E-state index in [-0.39, 0.29) is 5.82 Å². The molecule has 0 aliphatic carbocycles. The highest BCUT2D eigenvalue weighted by molar-refractivity contribution is 5.55. The second kappa shape index (κ2) is 7.30. The van der Waals surface area contributed by atoms with E-state index in [0.717, 1.165) is 43.6 Å². The van der Waals surface area contributed by atoms with Crippen molar-refractivity contribution in [1.29, 1.82) is 0 Å². The number of nitrogens with zero attached hydrogens (tertiary/aromatic N) is 6. The van der Waals surface area contributed by atoms with Gasteiger partial charge in [0.05, 0.1) is 0 Å². The van der Waals surface area contributed by atoms with Crippen molar-refractivity contribution in [2.75, 3.05) is 41.3 Å². The van der Waals surface area contributed by atoms with Crippen LogP contribution in [-0.2, 0) is 0 Å². The SMILES string of the molecule is Fc1ccc(Nc2nccc(N3CCN(c4ncccn4)CC3)n2)cc1. The van der Waals surface area contributed by atoms with Crippen molar-refractivity contribution in [2.24, 2.45) is 0 Å². The molecule has 0 amide bonds. The highest BCUT2D eigenvalue weighted by atomic mass is 19.1. The van der Waals surface area contributed by atoms with Crippen LogP contribution < -0.4 is 15.1 Å². The summed E-state index contributed by atoms with van der Waals surface area (Å²) in [5.74, 6) is 1.83. The van der Waals surface area contributed by atoms with Gasteiger partial charge in [0.2, 0.25) is 11.9 Å². The van der Waals surface area contributed by atoms with Gasteiger partial charge in [-0.2, -0.15) is 4.98 Å². The van der Waals surface area contributed by atoms with Crippen molar-refractivity contribution in [3.05, 3.63) is 60.8 Å². The molecule has 132 valence electrons. The molecule has 0 saturated carbocycles. The van der Waals surface area contributed by atoms with Crippen LogP contribution in [0.4, 0.5) is 27.8 Å². The summed E-state index contributed by atoms with van der Waals surface area (Å²) in [6, 6.07) is 9.82. The first-order valence-corrected chi connectivity index (χ1v) is 8.40. The lowest BCUT2D eigenvalue weighted by Gasteiger charge is -2.35. The molecule has 1 saturated heterocycles. The standard InChI is InChI=1S/C18H18FN7/c19-14-2-4-15(5-3-14)23-17-20-9-6-16(24-17)25-10-12-26(13-11-25)18-21-7-1-8-22-18/h1-9H,10-13H2,(H,20,23,24). The fraction of sp³-hybridized carbons (Fsp3) is 0.222. The van der Waals surface area contributed by atoms with Gasteiger partial charge in [0.15, 0.2) is 0 Å². The second-order valence-electron chi connectivity index (χ2n) is 5.89. The summed E-state index contributed by atoms with van der Waals surface area (Å²) in [7, 11) is 0. The molecule has 7 nitrogen and oxygen atoms in total. The number of aromatic nitrogens is 4. The summed E-state index contributed by atoms with van der Waals surface area (Å²) < 4.78 is 13.0. The van der Waals surface area contributed by atoms with Crippen molar-refractivity contribution in [1.82, 2.24) is 19.9 Å². The van der Waals surface area contributed by atoms with Crippen LogP contribution in [0.5, 0.6) is 0 Å². The molecule has 0 unspecified atom stereocenters. The fourth-order valence-electron chi connectivity index (χ4n) is 2.84. The Labute approximate surface area is 150 Å². The van der Waals surface area contributed by atoms with Gasteiger partial charge in [0.25, 0.3) is 0 Å². The zero-order chi connectivity index (χ0) is 17.8. The predicted molar refractivity (Wildman–Crippen MR) is 98.2 cm³/mol.